The number of carbonyl (C=O) groups excluding carboxylic acids is 2. The van der Waals surface area contributed by atoms with E-state index < -0.39 is 5.92 Å². The highest BCUT2D eigenvalue weighted by molar-refractivity contribution is 5.96. The molecule has 1 aliphatic rings. The summed E-state index contributed by atoms with van der Waals surface area (Å²) < 4.78 is 0. The predicted molar refractivity (Wildman–Crippen MR) is 84.0 cm³/mol. The molecule has 0 aromatic heterocycles. The van der Waals surface area contributed by atoms with Crippen LogP contribution in [0, 0.1) is 17.2 Å². The monoisotopic (exact) mass is 299 g/mol. The SMILES string of the molecule is CCN(C(=O)CC(C#N)C(=O)N1CCCC1)c1ccccc1. The number of anilines is 1. The lowest BCUT2D eigenvalue weighted by molar-refractivity contribution is -0.135. The van der Waals surface area contributed by atoms with Crippen LogP contribution in [0.1, 0.15) is 26.2 Å². The van der Waals surface area contributed by atoms with Gasteiger partial charge in [0, 0.05) is 25.3 Å². The summed E-state index contributed by atoms with van der Waals surface area (Å²) in [5.74, 6) is -1.28. The number of para-hydroxylation sites is 1. The van der Waals surface area contributed by atoms with E-state index in [-0.39, 0.29) is 18.2 Å². The lowest BCUT2D eigenvalue weighted by atomic mass is 10.0. The number of carbonyl (C=O) groups is 2. The molecule has 0 saturated carbocycles. The molecule has 116 valence electrons. The number of amides is 2. The van der Waals surface area contributed by atoms with Crippen molar-refractivity contribution in [2.24, 2.45) is 5.92 Å². The minimum atomic E-state index is -0.886. The van der Waals surface area contributed by atoms with Crippen molar-refractivity contribution in [2.45, 2.75) is 26.2 Å². The molecule has 0 spiro atoms. The van der Waals surface area contributed by atoms with Gasteiger partial charge >= 0.3 is 0 Å². The summed E-state index contributed by atoms with van der Waals surface area (Å²) in [6.07, 6.45) is 1.89. The Kier molecular flexibility index (Phi) is 5.54. The molecular weight excluding hydrogens is 278 g/mol. The molecule has 0 bridgehead atoms. The number of nitrogens with zero attached hydrogens (tertiary/aromatic N) is 3. The van der Waals surface area contributed by atoms with Gasteiger partial charge in [0.15, 0.2) is 0 Å². The van der Waals surface area contributed by atoms with E-state index in [0.717, 1.165) is 18.5 Å². The van der Waals surface area contributed by atoms with Crippen LogP contribution in [0.5, 0.6) is 0 Å². The Morgan fingerprint density at radius 1 is 1.27 bits per heavy atom. The van der Waals surface area contributed by atoms with E-state index in [4.69, 9.17) is 0 Å². The largest absolute Gasteiger partial charge is 0.342 e. The molecule has 22 heavy (non-hydrogen) atoms. The zero-order chi connectivity index (χ0) is 15.9. The molecule has 1 atom stereocenters. The van der Waals surface area contributed by atoms with Gasteiger partial charge in [-0.1, -0.05) is 18.2 Å². The van der Waals surface area contributed by atoms with Crippen LogP contribution in [0.3, 0.4) is 0 Å². The summed E-state index contributed by atoms with van der Waals surface area (Å²) in [7, 11) is 0. The molecule has 1 heterocycles. The van der Waals surface area contributed by atoms with Crippen molar-refractivity contribution in [3.63, 3.8) is 0 Å². The van der Waals surface area contributed by atoms with Crippen molar-refractivity contribution in [3.8, 4) is 6.07 Å². The number of nitriles is 1. The summed E-state index contributed by atoms with van der Waals surface area (Å²) in [5, 5.41) is 9.26. The Morgan fingerprint density at radius 2 is 1.91 bits per heavy atom. The molecule has 0 N–H and O–H groups in total. The van der Waals surface area contributed by atoms with Gasteiger partial charge in [-0.15, -0.1) is 0 Å². The molecule has 1 saturated heterocycles. The Morgan fingerprint density at radius 3 is 2.45 bits per heavy atom. The van der Waals surface area contributed by atoms with E-state index in [0.29, 0.717) is 19.6 Å². The molecule has 0 radical (unpaired) electrons. The van der Waals surface area contributed by atoms with Crippen LogP contribution in [0.15, 0.2) is 30.3 Å². The van der Waals surface area contributed by atoms with Gasteiger partial charge < -0.3 is 9.80 Å². The molecule has 1 aromatic carbocycles. The van der Waals surface area contributed by atoms with Crippen molar-refractivity contribution < 1.29 is 9.59 Å². The van der Waals surface area contributed by atoms with Gasteiger partial charge in [-0.25, -0.2) is 0 Å². The summed E-state index contributed by atoms with van der Waals surface area (Å²) in [6, 6.07) is 11.3. The third-order valence-electron chi connectivity index (χ3n) is 3.94. The van der Waals surface area contributed by atoms with Gasteiger partial charge in [-0.2, -0.15) is 5.26 Å². The molecule has 1 aliphatic heterocycles. The topological polar surface area (TPSA) is 64.4 Å². The second-order valence-electron chi connectivity index (χ2n) is 5.39. The first kappa shape index (κ1) is 16.0. The Labute approximate surface area is 131 Å². The molecule has 5 heteroatoms. The van der Waals surface area contributed by atoms with Crippen molar-refractivity contribution in [1.82, 2.24) is 4.90 Å². The first-order valence-electron chi connectivity index (χ1n) is 7.71. The Balaban J connectivity index is 2.05. The third kappa shape index (κ3) is 3.64. The van der Waals surface area contributed by atoms with Crippen LogP contribution < -0.4 is 4.90 Å². The maximum Gasteiger partial charge on any atom is 0.240 e. The van der Waals surface area contributed by atoms with E-state index in [1.165, 1.54) is 0 Å². The van der Waals surface area contributed by atoms with Crippen molar-refractivity contribution in [2.75, 3.05) is 24.5 Å². The fourth-order valence-electron chi connectivity index (χ4n) is 2.74. The molecule has 1 unspecified atom stereocenters. The highest BCUT2D eigenvalue weighted by Gasteiger charge is 2.29. The molecular formula is C17H21N3O2. The fourth-order valence-corrected chi connectivity index (χ4v) is 2.74. The van der Waals surface area contributed by atoms with Crippen LogP contribution >= 0.6 is 0 Å². The standard InChI is InChI=1S/C17H21N3O2/c1-2-20(15-8-4-3-5-9-15)16(21)12-14(13-18)17(22)19-10-6-7-11-19/h3-5,8-9,14H,2,6-7,10-12H2,1H3. The van der Waals surface area contributed by atoms with E-state index in [2.05, 4.69) is 0 Å². The first-order valence-corrected chi connectivity index (χ1v) is 7.71. The normalized spacial score (nSPS) is 15.2. The Hall–Kier alpha value is -2.35. The molecule has 5 nitrogen and oxygen atoms in total. The minimum Gasteiger partial charge on any atom is -0.342 e. The van der Waals surface area contributed by atoms with Crippen molar-refractivity contribution in [1.29, 1.82) is 5.26 Å². The van der Waals surface area contributed by atoms with Crippen LogP contribution in [-0.2, 0) is 9.59 Å². The molecule has 1 aromatic rings. The number of benzene rings is 1. The Bertz CT molecular complexity index is 559. The van der Waals surface area contributed by atoms with E-state index in [1.54, 1.807) is 9.80 Å². The molecule has 2 amide bonds. The zero-order valence-electron chi connectivity index (χ0n) is 12.9. The van der Waals surface area contributed by atoms with Crippen LogP contribution in [-0.4, -0.2) is 36.3 Å². The smallest absolute Gasteiger partial charge is 0.240 e. The highest BCUT2D eigenvalue weighted by Crippen LogP contribution is 2.18. The maximum atomic E-state index is 12.5. The van der Waals surface area contributed by atoms with Gasteiger partial charge in [0.25, 0.3) is 0 Å². The first-order chi connectivity index (χ1) is 10.7. The van der Waals surface area contributed by atoms with Gasteiger partial charge in [0.1, 0.15) is 5.92 Å². The van der Waals surface area contributed by atoms with Gasteiger partial charge in [-0.3, -0.25) is 9.59 Å². The predicted octanol–water partition coefficient (Wildman–Crippen LogP) is 2.19. The fraction of sp³-hybridized carbons (Fsp3) is 0.471. The maximum absolute atomic E-state index is 12.5. The van der Waals surface area contributed by atoms with Crippen LogP contribution in [0.2, 0.25) is 0 Å². The average molecular weight is 299 g/mol. The lowest BCUT2D eigenvalue weighted by Crippen LogP contribution is -2.38. The molecule has 2 rings (SSSR count). The molecule has 0 aliphatic carbocycles. The molecule has 1 fully saturated rings. The minimum absolute atomic E-state index is 0.0609. The van der Waals surface area contributed by atoms with Gasteiger partial charge in [-0.05, 0) is 31.9 Å². The van der Waals surface area contributed by atoms with Gasteiger partial charge in [0.2, 0.25) is 11.8 Å². The second kappa shape index (κ2) is 7.60. The van der Waals surface area contributed by atoms with Crippen LogP contribution in [0.4, 0.5) is 5.69 Å². The van der Waals surface area contributed by atoms with Gasteiger partial charge in [0.05, 0.1) is 12.5 Å². The van der Waals surface area contributed by atoms with E-state index in [9.17, 15) is 14.9 Å². The number of hydrogen-bond acceptors (Lipinski definition) is 3. The van der Waals surface area contributed by atoms with Crippen molar-refractivity contribution >= 4 is 17.5 Å². The van der Waals surface area contributed by atoms with Crippen LogP contribution in [0.25, 0.3) is 0 Å². The van der Waals surface area contributed by atoms with E-state index >= 15 is 0 Å². The summed E-state index contributed by atoms with van der Waals surface area (Å²) in [6.45, 7) is 3.79. The second-order valence-corrected chi connectivity index (χ2v) is 5.39. The number of likely N-dealkylation sites (tertiary alicyclic amines) is 1. The summed E-state index contributed by atoms with van der Waals surface area (Å²) in [5.41, 5.74) is 0.792. The summed E-state index contributed by atoms with van der Waals surface area (Å²) in [4.78, 5) is 28.1. The average Bonchev–Trinajstić information content (AvgIpc) is 3.08. The quantitative estimate of drug-likeness (QED) is 0.837. The highest BCUT2D eigenvalue weighted by atomic mass is 16.2. The zero-order valence-corrected chi connectivity index (χ0v) is 12.9. The number of hydrogen-bond donors (Lipinski definition) is 0. The van der Waals surface area contributed by atoms with Crippen molar-refractivity contribution in [3.05, 3.63) is 30.3 Å². The van der Waals surface area contributed by atoms with E-state index in [1.807, 2.05) is 43.3 Å². The number of rotatable bonds is 5. The lowest BCUT2D eigenvalue weighted by Gasteiger charge is -2.23. The summed E-state index contributed by atoms with van der Waals surface area (Å²) >= 11 is 0. The third-order valence-corrected chi connectivity index (χ3v) is 3.94.